The van der Waals surface area contributed by atoms with E-state index in [1.807, 2.05) is 37.3 Å². The highest BCUT2D eigenvalue weighted by atomic mass is 16.6. The van der Waals surface area contributed by atoms with Gasteiger partial charge in [-0.25, -0.2) is 5.48 Å². The summed E-state index contributed by atoms with van der Waals surface area (Å²) in [6, 6.07) is 9.46. The Bertz CT molecular complexity index is 474. The topological polar surface area (TPSA) is 75.6 Å². The molecule has 0 aromatic heterocycles. The average Bonchev–Trinajstić information content (AvgIpc) is 2.82. The highest BCUT2D eigenvalue weighted by Gasteiger charge is 2.41. The number of nitrogens with one attached hydrogen (secondary N) is 1. The van der Waals surface area contributed by atoms with Crippen LogP contribution in [0.15, 0.2) is 30.3 Å². The largest absolute Gasteiger partial charge is 0.481 e. The minimum Gasteiger partial charge on any atom is -0.481 e. The molecule has 0 bridgehead atoms. The first-order chi connectivity index (χ1) is 9.58. The fraction of sp³-hybridized carbons (Fsp3) is 0.467. The Balaban J connectivity index is 1.84. The van der Waals surface area contributed by atoms with Gasteiger partial charge in [0, 0.05) is 0 Å². The molecule has 0 heterocycles. The minimum absolute atomic E-state index is 0.251. The molecule has 20 heavy (non-hydrogen) atoms. The third-order valence-corrected chi connectivity index (χ3v) is 3.71. The first kappa shape index (κ1) is 14.5. The number of hydrogen-bond acceptors (Lipinski definition) is 3. The van der Waals surface area contributed by atoms with Gasteiger partial charge < -0.3 is 5.11 Å². The van der Waals surface area contributed by atoms with Crippen molar-refractivity contribution in [3.8, 4) is 0 Å². The number of carboxylic acids is 1. The summed E-state index contributed by atoms with van der Waals surface area (Å²) in [6.45, 7) is 2.24. The van der Waals surface area contributed by atoms with Crippen LogP contribution in [0.2, 0.25) is 0 Å². The Morgan fingerprint density at radius 2 is 1.90 bits per heavy atom. The summed E-state index contributed by atoms with van der Waals surface area (Å²) in [5.74, 6) is -2.10. The van der Waals surface area contributed by atoms with Crippen LogP contribution in [0.1, 0.15) is 25.3 Å². The number of aliphatic carboxylic acids is 1. The Morgan fingerprint density at radius 3 is 2.55 bits per heavy atom. The molecular weight excluding hydrogens is 258 g/mol. The van der Waals surface area contributed by atoms with Crippen molar-refractivity contribution in [3.05, 3.63) is 35.9 Å². The Hall–Kier alpha value is -1.88. The van der Waals surface area contributed by atoms with Gasteiger partial charge in [-0.3, -0.25) is 14.4 Å². The zero-order chi connectivity index (χ0) is 14.5. The van der Waals surface area contributed by atoms with E-state index in [0.717, 1.165) is 5.56 Å². The molecule has 1 saturated carbocycles. The molecule has 1 aromatic carbocycles. The number of amides is 1. The normalized spacial score (nSPS) is 25.4. The van der Waals surface area contributed by atoms with E-state index in [2.05, 4.69) is 5.48 Å². The van der Waals surface area contributed by atoms with Crippen LogP contribution in [-0.4, -0.2) is 17.0 Å². The molecule has 108 valence electrons. The molecule has 0 radical (unpaired) electrons. The number of hydroxylamine groups is 1. The van der Waals surface area contributed by atoms with E-state index in [1.54, 1.807) is 0 Å². The predicted octanol–water partition coefficient (Wildman–Crippen LogP) is 1.98. The Morgan fingerprint density at radius 1 is 1.25 bits per heavy atom. The zero-order valence-corrected chi connectivity index (χ0v) is 11.4. The summed E-state index contributed by atoms with van der Waals surface area (Å²) in [4.78, 5) is 28.3. The van der Waals surface area contributed by atoms with E-state index in [1.165, 1.54) is 0 Å². The average molecular weight is 277 g/mol. The molecule has 1 aliphatic rings. The molecule has 0 spiro atoms. The lowest BCUT2D eigenvalue weighted by molar-refractivity contribution is -0.150. The SMILES string of the molecule is CC1CC(C(=O)O)C(C(=O)NOCc2ccccc2)C1. The lowest BCUT2D eigenvalue weighted by Crippen LogP contribution is -2.35. The molecule has 1 amide bonds. The number of carboxylic acid groups (broad SMARTS) is 1. The Kier molecular flexibility index (Phi) is 4.74. The lowest BCUT2D eigenvalue weighted by atomic mass is 9.96. The lowest BCUT2D eigenvalue weighted by Gasteiger charge is -2.15. The van der Waals surface area contributed by atoms with E-state index in [4.69, 9.17) is 9.94 Å². The molecule has 3 unspecified atom stereocenters. The highest BCUT2D eigenvalue weighted by Crippen LogP contribution is 2.36. The van der Waals surface area contributed by atoms with E-state index in [-0.39, 0.29) is 18.4 Å². The van der Waals surface area contributed by atoms with Crippen LogP contribution in [0, 0.1) is 17.8 Å². The molecule has 2 N–H and O–H groups in total. The molecular formula is C15H19NO4. The van der Waals surface area contributed by atoms with Gasteiger partial charge in [0.05, 0.1) is 18.4 Å². The Labute approximate surface area is 117 Å². The van der Waals surface area contributed by atoms with E-state index >= 15 is 0 Å². The second kappa shape index (κ2) is 6.52. The van der Waals surface area contributed by atoms with Crippen molar-refractivity contribution in [1.82, 2.24) is 5.48 Å². The van der Waals surface area contributed by atoms with Crippen LogP contribution in [-0.2, 0) is 21.0 Å². The van der Waals surface area contributed by atoms with Gasteiger partial charge in [-0.2, -0.15) is 0 Å². The van der Waals surface area contributed by atoms with Gasteiger partial charge in [0.15, 0.2) is 0 Å². The van der Waals surface area contributed by atoms with Crippen molar-refractivity contribution in [2.24, 2.45) is 17.8 Å². The summed E-state index contributed by atoms with van der Waals surface area (Å²) >= 11 is 0. The highest BCUT2D eigenvalue weighted by molar-refractivity contribution is 5.84. The molecule has 3 atom stereocenters. The second-order valence-electron chi connectivity index (χ2n) is 5.37. The first-order valence-corrected chi connectivity index (χ1v) is 6.76. The van der Waals surface area contributed by atoms with E-state index in [0.29, 0.717) is 12.8 Å². The van der Waals surface area contributed by atoms with Gasteiger partial charge in [0.2, 0.25) is 5.91 Å². The van der Waals surface area contributed by atoms with E-state index in [9.17, 15) is 9.59 Å². The molecule has 1 aliphatic carbocycles. The fourth-order valence-electron chi connectivity index (χ4n) is 2.69. The van der Waals surface area contributed by atoms with Gasteiger partial charge in [0.1, 0.15) is 0 Å². The van der Waals surface area contributed by atoms with Crippen LogP contribution < -0.4 is 5.48 Å². The van der Waals surface area contributed by atoms with Gasteiger partial charge >= 0.3 is 5.97 Å². The quantitative estimate of drug-likeness (QED) is 0.807. The first-order valence-electron chi connectivity index (χ1n) is 6.76. The van der Waals surface area contributed by atoms with Crippen molar-refractivity contribution in [1.29, 1.82) is 0 Å². The number of hydrogen-bond donors (Lipinski definition) is 2. The van der Waals surface area contributed by atoms with Crippen molar-refractivity contribution in [2.45, 2.75) is 26.4 Å². The van der Waals surface area contributed by atoms with Crippen LogP contribution in [0.5, 0.6) is 0 Å². The fourth-order valence-corrected chi connectivity index (χ4v) is 2.69. The number of benzene rings is 1. The van der Waals surface area contributed by atoms with Crippen molar-refractivity contribution in [2.75, 3.05) is 0 Å². The third kappa shape index (κ3) is 3.57. The molecule has 5 heteroatoms. The van der Waals surface area contributed by atoms with Gasteiger partial charge in [-0.15, -0.1) is 0 Å². The molecule has 1 aromatic rings. The summed E-state index contributed by atoms with van der Waals surface area (Å²) < 4.78 is 0. The van der Waals surface area contributed by atoms with Gasteiger partial charge in [-0.1, -0.05) is 37.3 Å². The monoisotopic (exact) mass is 277 g/mol. The van der Waals surface area contributed by atoms with Crippen molar-refractivity contribution in [3.63, 3.8) is 0 Å². The second-order valence-corrected chi connectivity index (χ2v) is 5.37. The maximum absolute atomic E-state index is 12.0. The van der Waals surface area contributed by atoms with Crippen LogP contribution in [0.25, 0.3) is 0 Å². The summed E-state index contributed by atoms with van der Waals surface area (Å²) in [5.41, 5.74) is 3.32. The maximum atomic E-state index is 12.0. The molecule has 1 fully saturated rings. The molecule has 5 nitrogen and oxygen atoms in total. The van der Waals surface area contributed by atoms with Crippen molar-refractivity contribution < 1.29 is 19.5 Å². The summed E-state index contributed by atoms with van der Waals surface area (Å²) in [5, 5.41) is 9.13. The maximum Gasteiger partial charge on any atom is 0.307 e. The molecule has 0 saturated heterocycles. The zero-order valence-electron chi connectivity index (χ0n) is 11.4. The van der Waals surface area contributed by atoms with Crippen molar-refractivity contribution >= 4 is 11.9 Å². The number of carbonyl (C=O) groups is 2. The van der Waals surface area contributed by atoms with Crippen LogP contribution in [0.3, 0.4) is 0 Å². The standard InChI is InChI=1S/C15H19NO4/c1-10-7-12(13(8-10)15(18)19)14(17)16-20-9-11-5-3-2-4-6-11/h2-6,10,12-13H,7-9H2,1H3,(H,16,17)(H,18,19). The molecule has 2 rings (SSSR count). The number of carbonyl (C=O) groups excluding carboxylic acids is 1. The summed E-state index contributed by atoms with van der Waals surface area (Å²) in [7, 11) is 0. The third-order valence-electron chi connectivity index (χ3n) is 3.71. The van der Waals surface area contributed by atoms with E-state index < -0.39 is 17.8 Å². The summed E-state index contributed by atoms with van der Waals surface area (Å²) in [6.07, 6.45) is 1.14. The smallest absolute Gasteiger partial charge is 0.307 e. The predicted molar refractivity (Wildman–Crippen MR) is 72.4 cm³/mol. The van der Waals surface area contributed by atoms with Crippen LogP contribution in [0.4, 0.5) is 0 Å². The number of rotatable bonds is 5. The van der Waals surface area contributed by atoms with Gasteiger partial charge in [-0.05, 0) is 24.3 Å². The van der Waals surface area contributed by atoms with Gasteiger partial charge in [0.25, 0.3) is 0 Å². The minimum atomic E-state index is -0.905. The molecule has 0 aliphatic heterocycles. The van der Waals surface area contributed by atoms with Crippen LogP contribution >= 0.6 is 0 Å².